The Morgan fingerprint density at radius 2 is 2.15 bits per heavy atom. The van der Waals surface area contributed by atoms with Gasteiger partial charge in [0, 0.05) is 26.2 Å². The highest BCUT2D eigenvalue weighted by Crippen LogP contribution is 2.38. The maximum absolute atomic E-state index is 12.2. The highest BCUT2D eigenvalue weighted by molar-refractivity contribution is 5.79. The van der Waals surface area contributed by atoms with Crippen molar-refractivity contribution in [3.63, 3.8) is 0 Å². The summed E-state index contributed by atoms with van der Waals surface area (Å²) < 4.78 is 5.51. The fraction of sp³-hybridized carbons (Fsp3) is 0.857. The van der Waals surface area contributed by atoms with Crippen LogP contribution in [0.5, 0.6) is 0 Å². The lowest BCUT2D eigenvalue weighted by Crippen LogP contribution is -2.51. The summed E-state index contributed by atoms with van der Waals surface area (Å²) >= 11 is 0. The summed E-state index contributed by atoms with van der Waals surface area (Å²) in [6.07, 6.45) is 4.31. The first kappa shape index (κ1) is 15.1. The molecule has 3 unspecified atom stereocenters. The largest absolute Gasteiger partial charge is 0.481 e. The zero-order valence-corrected chi connectivity index (χ0v) is 12.2. The van der Waals surface area contributed by atoms with Gasteiger partial charge in [-0.05, 0) is 32.6 Å². The molecule has 114 valence electrons. The number of carboxylic acids is 1. The van der Waals surface area contributed by atoms with Gasteiger partial charge < -0.3 is 20.1 Å². The van der Waals surface area contributed by atoms with Gasteiger partial charge in [0.15, 0.2) is 0 Å². The summed E-state index contributed by atoms with van der Waals surface area (Å²) in [5, 5.41) is 12.2. The van der Waals surface area contributed by atoms with Crippen LogP contribution in [0.3, 0.4) is 0 Å². The van der Waals surface area contributed by atoms with Gasteiger partial charge in [-0.25, -0.2) is 4.79 Å². The standard InChI is InChI=1S/C14H24N2O4/c1-14(12(17)18)7-3-6-11(14)15-13(19)16(2)9-10-5-4-8-20-10/h10-11H,3-9H2,1-2H3,(H,15,19)(H,17,18). The fourth-order valence-electron chi connectivity index (χ4n) is 3.09. The van der Waals surface area contributed by atoms with E-state index in [2.05, 4.69) is 5.32 Å². The van der Waals surface area contributed by atoms with E-state index >= 15 is 0 Å². The van der Waals surface area contributed by atoms with Crippen molar-refractivity contribution in [2.45, 2.75) is 51.2 Å². The van der Waals surface area contributed by atoms with Crippen LogP contribution in [0.15, 0.2) is 0 Å². The third-order valence-electron chi connectivity index (χ3n) is 4.59. The monoisotopic (exact) mass is 284 g/mol. The molecule has 0 aromatic carbocycles. The number of nitrogens with one attached hydrogen (secondary N) is 1. The number of nitrogens with zero attached hydrogens (tertiary/aromatic N) is 1. The molecule has 2 aliphatic rings. The molecule has 1 aliphatic heterocycles. The van der Waals surface area contributed by atoms with E-state index in [1.54, 1.807) is 18.9 Å². The second-order valence-electron chi connectivity index (χ2n) is 6.13. The zero-order valence-electron chi connectivity index (χ0n) is 12.2. The Labute approximate surface area is 119 Å². The lowest BCUT2D eigenvalue weighted by molar-refractivity contribution is -0.148. The second kappa shape index (κ2) is 5.99. The van der Waals surface area contributed by atoms with Crippen molar-refractivity contribution in [2.75, 3.05) is 20.2 Å². The van der Waals surface area contributed by atoms with Crippen LogP contribution in [0.2, 0.25) is 0 Å². The van der Waals surface area contributed by atoms with Gasteiger partial charge >= 0.3 is 12.0 Å². The van der Waals surface area contributed by atoms with Gasteiger partial charge in [-0.3, -0.25) is 4.79 Å². The Balaban J connectivity index is 1.88. The molecule has 6 nitrogen and oxygen atoms in total. The van der Waals surface area contributed by atoms with Gasteiger partial charge in [0.05, 0.1) is 11.5 Å². The summed E-state index contributed by atoms with van der Waals surface area (Å²) in [4.78, 5) is 25.1. The molecule has 1 heterocycles. The molecule has 2 fully saturated rings. The number of hydrogen-bond acceptors (Lipinski definition) is 3. The maximum Gasteiger partial charge on any atom is 0.317 e. The van der Waals surface area contributed by atoms with E-state index in [1.807, 2.05) is 0 Å². The van der Waals surface area contributed by atoms with E-state index in [9.17, 15) is 14.7 Å². The molecule has 0 radical (unpaired) electrons. The number of ether oxygens (including phenoxy) is 1. The number of hydrogen-bond donors (Lipinski definition) is 2. The Kier molecular flexibility index (Phi) is 4.52. The number of urea groups is 1. The van der Waals surface area contributed by atoms with E-state index in [-0.39, 0.29) is 18.2 Å². The number of carboxylic acid groups (broad SMARTS) is 1. The summed E-state index contributed by atoms with van der Waals surface area (Å²) in [6.45, 7) is 3.04. The summed E-state index contributed by atoms with van der Waals surface area (Å²) in [6, 6.07) is -0.501. The molecule has 3 atom stereocenters. The number of carbonyl (C=O) groups excluding carboxylic acids is 1. The minimum atomic E-state index is -0.847. The van der Waals surface area contributed by atoms with Gasteiger partial charge in [-0.15, -0.1) is 0 Å². The highest BCUT2D eigenvalue weighted by atomic mass is 16.5. The van der Waals surface area contributed by atoms with Crippen LogP contribution in [0, 0.1) is 5.41 Å². The predicted molar refractivity (Wildman–Crippen MR) is 73.5 cm³/mol. The fourth-order valence-corrected chi connectivity index (χ4v) is 3.09. The summed E-state index contributed by atoms with van der Waals surface area (Å²) in [5.74, 6) is -0.831. The second-order valence-corrected chi connectivity index (χ2v) is 6.13. The van der Waals surface area contributed by atoms with Gasteiger partial charge in [-0.2, -0.15) is 0 Å². The number of amides is 2. The van der Waals surface area contributed by atoms with Crippen LogP contribution in [0.25, 0.3) is 0 Å². The molecule has 20 heavy (non-hydrogen) atoms. The first-order valence-corrected chi connectivity index (χ1v) is 7.30. The molecule has 2 amide bonds. The molecule has 0 aromatic heterocycles. The molecule has 2 rings (SSSR count). The third kappa shape index (κ3) is 3.06. The first-order valence-electron chi connectivity index (χ1n) is 7.30. The Morgan fingerprint density at radius 1 is 1.40 bits per heavy atom. The van der Waals surface area contributed by atoms with Crippen molar-refractivity contribution >= 4 is 12.0 Å². The number of rotatable bonds is 4. The molecule has 0 aromatic rings. The van der Waals surface area contributed by atoms with E-state index in [0.29, 0.717) is 13.0 Å². The Bertz CT molecular complexity index is 381. The van der Waals surface area contributed by atoms with Gasteiger partial charge in [0.1, 0.15) is 0 Å². The van der Waals surface area contributed by atoms with Gasteiger partial charge in [-0.1, -0.05) is 6.42 Å². The van der Waals surface area contributed by atoms with E-state index in [0.717, 1.165) is 32.3 Å². The molecular weight excluding hydrogens is 260 g/mol. The average molecular weight is 284 g/mol. The average Bonchev–Trinajstić information content (AvgIpc) is 3.01. The van der Waals surface area contributed by atoms with Crippen molar-refractivity contribution < 1.29 is 19.4 Å². The molecular formula is C14H24N2O4. The smallest absolute Gasteiger partial charge is 0.317 e. The van der Waals surface area contributed by atoms with Crippen molar-refractivity contribution in [1.29, 1.82) is 0 Å². The Morgan fingerprint density at radius 3 is 2.75 bits per heavy atom. The van der Waals surface area contributed by atoms with Crippen LogP contribution in [0.4, 0.5) is 4.79 Å². The van der Waals surface area contributed by atoms with Crippen molar-refractivity contribution in [3.05, 3.63) is 0 Å². The van der Waals surface area contributed by atoms with Gasteiger partial charge in [0.2, 0.25) is 0 Å². The highest BCUT2D eigenvalue weighted by Gasteiger charge is 2.46. The van der Waals surface area contributed by atoms with E-state index in [1.165, 1.54) is 0 Å². The number of aliphatic carboxylic acids is 1. The summed E-state index contributed by atoms with van der Waals surface area (Å²) in [7, 11) is 1.73. The molecule has 2 N–H and O–H groups in total. The molecule has 0 spiro atoms. The van der Waals surface area contributed by atoms with Crippen molar-refractivity contribution in [2.24, 2.45) is 5.41 Å². The van der Waals surface area contributed by atoms with Crippen LogP contribution in [0.1, 0.15) is 39.0 Å². The number of carbonyl (C=O) groups is 2. The third-order valence-corrected chi connectivity index (χ3v) is 4.59. The SMILES string of the molecule is CN(CC1CCCO1)C(=O)NC1CCCC1(C)C(=O)O. The zero-order chi connectivity index (χ0) is 14.8. The van der Waals surface area contributed by atoms with Crippen LogP contribution >= 0.6 is 0 Å². The lowest BCUT2D eigenvalue weighted by atomic mass is 9.85. The molecule has 0 bridgehead atoms. The van der Waals surface area contributed by atoms with Crippen LogP contribution in [-0.4, -0.2) is 54.4 Å². The molecule has 6 heteroatoms. The van der Waals surface area contributed by atoms with Gasteiger partial charge in [0.25, 0.3) is 0 Å². The predicted octanol–water partition coefficient (Wildman–Crippen LogP) is 1.45. The van der Waals surface area contributed by atoms with Crippen molar-refractivity contribution in [1.82, 2.24) is 10.2 Å². The Hall–Kier alpha value is -1.30. The van der Waals surface area contributed by atoms with E-state index in [4.69, 9.17) is 4.74 Å². The van der Waals surface area contributed by atoms with E-state index < -0.39 is 11.4 Å². The quantitative estimate of drug-likeness (QED) is 0.819. The first-order chi connectivity index (χ1) is 9.43. The summed E-state index contributed by atoms with van der Waals surface area (Å²) in [5.41, 5.74) is -0.847. The normalized spacial score (nSPS) is 33.1. The number of likely N-dealkylation sites (N-methyl/N-ethyl adjacent to an activating group) is 1. The molecule has 1 aliphatic carbocycles. The molecule has 1 saturated carbocycles. The maximum atomic E-state index is 12.2. The molecule has 1 saturated heterocycles. The lowest BCUT2D eigenvalue weighted by Gasteiger charge is -2.30. The minimum Gasteiger partial charge on any atom is -0.481 e. The topological polar surface area (TPSA) is 78.9 Å². The van der Waals surface area contributed by atoms with Crippen LogP contribution < -0.4 is 5.32 Å². The van der Waals surface area contributed by atoms with Crippen LogP contribution in [-0.2, 0) is 9.53 Å². The minimum absolute atomic E-state index is 0.111. The van der Waals surface area contributed by atoms with Crippen molar-refractivity contribution in [3.8, 4) is 0 Å².